The van der Waals surface area contributed by atoms with Crippen molar-refractivity contribution in [1.29, 1.82) is 0 Å². The van der Waals surface area contributed by atoms with E-state index in [1.54, 1.807) is 0 Å². The van der Waals surface area contributed by atoms with Gasteiger partial charge in [-0.25, -0.2) is 0 Å². The molecule has 2 N–H and O–H groups in total. The van der Waals surface area contributed by atoms with Crippen LogP contribution in [0.15, 0.2) is 0 Å². The van der Waals surface area contributed by atoms with Crippen molar-refractivity contribution in [3.8, 4) is 0 Å². The van der Waals surface area contributed by atoms with Gasteiger partial charge in [-0.05, 0) is 62.9 Å². The zero-order valence-electron chi connectivity index (χ0n) is 13.3. The maximum atomic E-state index is 6.51. The van der Waals surface area contributed by atoms with Crippen LogP contribution in [0.25, 0.3) is 0 Å². The number of hydrogen-bond donors (Lipinski definition) is 1. The van der Waals surface area contributed by atoms with Gasteiger partial charge in [0.2, 0.25) is 0 Å². The van der Waals surface area contributed by atoms with Crippen molar-refractivity contribution < 1.29 is 0 Å². The van der Waals surface area contributed by atoms with Gasteiger partial charge in [0.05, 0.1) is 0 Å². The third-order valence-electron chi connectivity index (χ3n) is 6.56. The summed E-state index contributed by atoms with van der Waals surface area (Å²) in [7, 11) is 0. The van der Waals surface area contributed by atoms with E-state index in [-0.39, 0.29) is 0 Å². The van der Waals surface area contributed by atoms with Crippen molar-refractivity contribution in [2.45, 2.75) is 83.1 Å². The molecule has 20 heavy (non-hydrogen) atoms. The highest BCUT2D eigenvalue weighted by molar-refractivity contribution is 4.89. The molecule has 0 aromatic rings. The smallest absolute Gasteiger partial charge is 0.0196 e. The lowest BCUT2D eigenvalue weighted by Crippen LogP contribution is -2.48. The van der Waals surface area contributed by atoms with Crippen LogP contribution in [0.1, 0.15) is 77.0 Å². The van der Waals surface area contributed by atoms with Crippen LogP contribution in [0, 0.1) is 11.3 Å². The molecule has 0 amide bonds. The molecule has 2 heteroatoms. The average Bonchev–Trinajstić information content (AvgIpc) is 2.52. The molecule has 1 spiro atoms. The lowest BCUT2D eigenvalue weighted by Gasteiger charge is -2.45. The summed E-state index contributed by atoms with van der Waals surface area (Å²) in [5.41, 5.74) is 7.25. The third-order valence-corrected chi connectivity index (χ3v) is 6.56. The molecule has 0 aromatic carbocycles. The highest BCUT2D eigenvalue weighted by atomic mass is 15.1. The molecule has 3 fully saturated rings. The van der Waals surface area contributed by atoms with Crippen molar-refractivity contribution >= 4 is 0 Å². The minimum absolute atomic E-state index is 0.440. The third kappa shape index (κ3) is 3.57. The van der Waals surface area contributed by atoms with Crippen molar-refractivity contribution in [3.05, 3.63) is 0 Å². The highest BCUT2D eigenvalue weighted by Gasteiger charge is 2.36. The van der Waals surface area contributed by atoms with E-state index in [9.17, 15) is 0 Å². The second-order valence-electron chi connectivity index (χ2n) is 7.92. The van der Waals surface area contributed by atoms with E-state index in [0.29, 0.717) is 6.04 Å². The average molecular weight is 278 g/mol. The van der Waals surface area contributed by atoms with Gasteiger partial charge in [-0.1, -0.05) is 38.5 Å². The van der Waals surface area contributed by atoms with Crippen LogP contribution in [0.2, 0.25) is 0 Å². The van der Waals surface area contributed by atoms with Gasteiger partial charge in [-0.3, -0.25) is 0 Å². The van der Waals surface area contributed by atoms with E-state index < -0.39 is 0 Å². The molecule has 0 radical (unpaired) electrons. The lowest BCUT2D eigenvalue weighted by molar-refractivity contribution is 0.0600. The summed E-state index contributed by atoms with van der Waals surface area (Å²) >= 11 is 0. The molecular formula is C18H34N2. The number of rotatable bonds is 3. The van der Waals surface area contributed by atoms with Crippen LogP contribution in [0.4, 0.5) is 0 Å². The van der Waals surface area contributed by atoms with Crippen molar-refractivity contribution in [1.82, 2.24) is 4.90 Å². The van der Waals surface area contributed by atoms with Gasteiger partial charge < -0.3 is 10.6 Å². The van der Waals surface area contributed by atoms with Crippen molar-refractivity contribution in [2.75, 3.05) is 19.6 Å². The number of piperidine rings is 1. The molecule has 116 valence electrons. The summed E-state index contributed by atoms with van der Waals surface area (Å²) in [4.78, 5) is 2.68. The predicted molar refractivity (Wildman–Crippen MR) is 85.7 cm³/mol. The summed E-state index contributed by atoms with van der Waals surface area (Å²) in [6, 6.07) is 0.440. The van der Waals surface area contributed by atoms with Gasteiger partial charge >= 0.3 is 0 Å². The first-order chi connectivity index (χ1) is 9.77. The highest BCUT2D eigenvalue weighted by Crippen LogP contribution is 2.44. The molecule has 1 unspecified atom stereocenters. The van der Waals surface area contributed by atoms with Crippen molar-refractivity contribution in [2.24, 2.45) is 17.1 Å². The molecular weight excluding hydrogens is 244 g/mol. The molecule has 0 aromatic heterocycles. The number of nitrogens with two attached hydrogens (primary N) is 1. The Hall–Kier alpha value is -0.0800. The first-order valence-electron chi connectivity index (χ1n) is 9.25. The summed E-state index contributed by atoms with van der Waals surface area (Å²) < 4.78 is 0. The van der Waals surface area contributed by atoms with E-state index in [0.717, 1.165) is 11.3 Å². The monoisotopic (exact) mass is 278 g/mol. The zero-order valence-corrected chi connectivity index (χ0v) is 13.3. The fourth-order valence-corrected chi connectivity index (χ4v) is 5.02. The van der Waals surface area contributed by atoms with Crippen LogP contribution in [-0.4, -0.2) is 30.6 Å². The Labute approximate surface area is 125 Å². The molecule has 2 nitrogen and oxygen atoms in total. The van der Waals surface area contributed by atoms with Gasteiger partial charge in [0.25, 0.3) is 0 Å². The molecule has 2 aliphatic carbocycles. The summed E-state index contributed by atoms with van der Waals surface area (Å²) in [6.45, 7) is 3.81. The van der Waals surface area contributed by atoms with Crippen LogP contribution in [0.3, 0.4) is 0 Å². The summed E-state index contributed by atoms with van der Waals surface area (Å²) in [6.07, 6.45) is 17.4. The maximum absolute atomic E-state index is 6.51. The Bertz CT molecular complexity index is 280. The Kier molecular flexibility index (Phi) is 5.04. The van der Waals surface area contributed by atoms with Crippen LogP contribution in [0.5, 0.6) is 0 Å². The first-order valence-corrected chi connectivity index (χ1v) is 9.25. The SMILES string of the molecule is NC(CN1CCC2(CCCCC2)CC1)C1CCCCC1. The molecule has 0 bridgehead atoms. The largest absolute Gasteiger partial charge is 0.326 e. The van der Waals surface area contributed by atoms with E-state index in [1.165, 1.54) is 96.7 Å². The second-order valence-corrected chi connectivity index (χ2v) is 7.92. The standard InChI is InChI=1S/C18H34N2/c19-17(16-7-3-1-4-8-16)15-20-13-11-18(12-14-20)9-5-2-6-10-18/h16-17H,1-15,19H2. The Balaban J connectivity index is 1.43. The Morgan fingerprint density at radius 1 is 0.850 bits per heavy atom. The van der Waals surface area contributed by atoms with Gasteiger partial charge in [0.1, 0.15) is 0 Å². The van der Waals surface area contributed by atoms with Crippen molar-refractivity contribution in [3.63, 3.8) is 0 Å². The van der Waals surface area contributed by atoms with Crippen LogP contribution in [-0.2, 0) is 0 Å². The summed E-state index contributed by atoms with van der Waals surface area (Å²) in [5, 5.41) is 0. The fourth-order valence-electron chi connectivity index (χ4n) is 5.02. The first kappa shape index (κ1) is 14.8. The van der Waals surface area contributed by atoms with Crippen LogP contribution >= 0.6 is 0 Å². The molecule has 1 heterocycles. The molecule has 1 saturated heterocycles. The quantitative estimate of drug-likeness (QED) is 0.847. The van der Waals surface area contributed by atoms with E-state index in [4.69, 9.17) is 5.73 Å². The minimum Gasteiger partial charge on any atom is -0.326 e. The molecule has 3 rings (SSSR count). The van der Waals surface area contributed by atoms with Gasteiger partial charge in [-0.2, -0.15) is 0 Å². The van der Waals surface area contributed by atoms with E-state index in [2.05, 4.69) is 4.90 Å². The zero-order chi connectivity index (χ0) is 13.8. The predicted octanol–water partition coefficient (Wildman–Crippen LogP) is 3.94. The second kappa shape index (κ2) is 6.79. The topological polar surface area (TPSA) is 29.3 Å². The molecule has 1 aliphatic heterocycles. The molecule has 1 atom stereocenters. The molecule has 3 aliphatic rings. The van der Waals surface area contributed by atoms with E-state index in [1.807, 2.05) is 0 Å². The Morgan fingerprint density at radius 2 is 1.45 bits per heavy atom. The van der Waals surface area contributed by atoms with Gasteiger partial charge in [0.15, 0.2) is 0 Å². The van der Waals surface area contributed by atoms with Crippen LogP contribution < -0.4 is 5.73 Å². The number of likely N-dealkylation sites (tertiary alicyclic amines) is 1. The summed E-state index contributed by atoms with van der Waals surface area (Å²) in [5.74, 6) is 0.814. The fraction of sp³-hybridized carbons (Fsp3) is 1.00. The number of hydrogen-bond acceptors (Lipinski definition) is 2. The van der Waals surface area contributed by atoms with Gasteiger partial charge in [-0.15, -0.1) is 0 Å². The normalized spacial score (nSPS) is 30.4. The van der Waals surface area contributed by atoms with Gasteiger partial charge in [0, 0.05) is 12.6 Å². The molecule has 2 saturated carbocycles. The van der Waals surface area contributed by atoms with E-state index >= 15 is 0 Å². The minimum atomic E-state index is 0.440. The Morgan fingerprint density at radius 3 is 2.10 bits per heavy atom. The lowest BCUT2D eigenvalue weighted by atomic mass is 9.68. The maximum Gasteiger partial charge on any atom is 0.0196 e. The number of nitrogens with zero attached hydrogens (tertiary/aromatic N) is 1.